The van der Waals surface area contributed by atoms with Crippen molar-refractivity contribution < 1.29 is 41.7 Å². The van der Waals surface area contributed by atoms with Crippen molar-refractivity contribution in [1.82, 2.24) is 0 Å². The van der Waals surface area contributed by atoms with E-state index in [1.165, 1.54) is 37.3 Å². The van der Waals surface area contributed by atoms with Crippen LogP contribution in [0.25, 0.3) is 0 Å². The van der Waals surface area contributed by atoms with Crippen LogP contribution in [0.2, 0.25) is 0 Å². The van der Waals surface area contributed by atoms with E-state index in [1.54, 1.807) is 6.92 Å². The number of hydrogen-bond donors (Lipinski definition) is 0. The molecule has 7 nitrogen and oxygen atoms in total. The van der Waals surface area contributed by atoms with Crippen molar-refractivity contribution in [1.29, 1.82) is 0 Å². The zero-order valence-corrected chi connectivity index (χ0v) is 14.9. The van der Waals surface area contributed by atoms with E-state index in [1.807, 2.05) is 0 Å². The third kappa shape index (κ3) is 4.91. The first kappa shape index (κ1) is 20.6. The van der Waals surface area contributed by atoms with Gasteiger partial charge in [0.05, 0.1) is 26.4 Å². The summed E-state index contributed by atoms with van der Waals surface area (Å²) in [5, 5.41) is 0. The zero-order chi connectivity index (χ0) is 20.2. The van der Waals surface area contributed by atoms with E-state index in [0.29, 0.717) is 11.3 Å². The third-order valence-corrected chi connectivity index (χ3v) is 3.69. The Balaban J connectivity index is 2.40. The van der Waals surface area contributed by atoms with Gasteiger partial charge in [0.25, 0.3) is 0 Å². The molecule has 0 saturated carbocycles. The van der Waals surface area contributed by atoms with E-state index >= 15 is 0 Å². The lowest BCUT2D eigenvalue weighted by Gasteiger charge is -2.32. The van der Waals surface area contributed by atoms with Crippen molar-refractivity contribution in [2.24, 2.45) is 0 Å². The van der Waals surface area contributed by atoms with Gasteiger partial charge in [-0.25, -0.2) is 9.59 Å². The third-order valence-electron chi connectivity index (χ3n) is 3.69. The van der Waals surface area contributed by atoms with Crippen LogP contribution in [-0.4, -0.2) is 52.3 Å². The maximum atomic E-state index is 12.3. The Morgan fingerprint density at radius 2 is 1.85 bits per heavy atom. The first-order chi connectivity index (χ1) is 12.7. The van der Waals surface area contributed by atoms with Gasteiger partial charge < -0.3 is 23.8 Å². The number of esters is 2. The summed E-state index contributed by atoms with van der Waals surface area (Å²) in [5.74, 6) is -1.50. The lowest BCUT2D eigenvalue weighted by Crippen LogP contribution is -2.39. The number of anilines is 1. The molecule has 1 aromatic rings. The number of ether oxygens (including phenoxy) is 4. The van der Waals surface area contributed by atoms with Gasteiger partial charge in [-0.2, -0.15) is 13.2 Å². The summed E-state index contributed by atoms with van der Waals surface area (Å²) in [6.07, 6.45) is -4.45. The highest BCUT2D eigenvalue weighted by Crippen LogP contribution is 2.32. The number of rotatable bonds is 5. The molecule has 0 amide bonds. The number of carbonyl (C=O) groups excluding carboxylic acids is 2. The molecule has 10 heteroatoms. The molecule has 0 N–H and O–H groups in total. The van der Waals surface area contributed by atoms with E-state index < -0.39 is 24.7 Å². The molecular weight excluding hydrogens is 371 g/mol. The first-order valence-electron chi connectivity index (χ1n) is 7.73. The molecule has 1 aliphatic heterocycles. The summed E-state index contributed by atoms with van der Waals surface area (Å²) < 4.78 is 56.4. The Hall–Kier alpha value is -2.75. The van der Waals surface area contributed by atoms with Gasteiger partial charge in [-0.1, -0.05) is 0 Å². The standard InChI is InChI=1S/C17H18F3NO6/c1-10-6-11(27-8-17(18,19)20)4-5-13(10)21-9-26-7-12(15(22)24-2)14(21)16(23)25-3/h4-6H,7-9H2,1-3H3. The lowest BCUT2D eigenvalue weighted by molar-refractivity contribution is -0.153. The Morgan fingerprint density at radius 1 is 1.19 bits per heavy atom. The Bertz CT molecular complexity index is 760. The van der Waals surface area contributed by atoms with Gasteiger partial charge in [-0.15, -0.1) is 0 Å². The SMILES string of the molecule is COC(=O)C1=C(C(=O)OC)N(c2ccc(OCC(F)(F)F)cc2C)COC1. The van der Waals surface area contributed by atoms with Crippen LogP contribution in [0.15, 0.2) is 29.5 Å². The van der Waals surface area contributed by atoms with Crippen LogP contribution in [0.3, 0.4) is 0 Å². The second kappa shape index (κ2) is 8.30. The van der Waals surface area contributed by atoms with Crippen LogP contribution in [0.1, 0.15) is 5.56 Å². The highest BCUT2D eigenvalue weighted by atomic mass is 19.4. The molecule has 0 spiro atoms. The van der Waals surface area contributed by atoms with Crippen molar-refractivity contribution >= 4 is 17.6 Å². The highest BCUT2D eigenvalue weighted by molar-refractivity contribution is 6.03. The lowest BCUT2D eigenvalue weighted by atomic mass is 10.1. The molecule has 1 aliphatic rings. The molecule has 0 atom stereocenters. The number of hydrogen-bond acceptors (Lipinski definition) is 7. The number of nitrogens with zero attached hydrogens (tertiary/aromatic N) is 1. The fourth-order valence-electron chi connectivity index (χ4n) is 2.52. The van der Waals surface area contributed by atoms with Crippen molar-refractivity contribution in [3.05, 3.63) is 35.0 Å². The van der Waals surface area contributed by atoms with E-state index in [-0.39, 0.29) is 30.4 Å². The van der Waals surface area contributed by atoms with Crippen molar-refractivity contribution in [2.45, 2.75) is 13.1 Å². The summed E-state index contributed by atoms with van der Waals surface area (Å²) >= 11 is 0. The number of aryl methyl sites for hydroxylation is 1. The molecule has 148 valence electrons. The number of carbonyl (C=O) groups is 2. The second-order valence-electron chi connectivity index (χ2n) is 5.57. The van der Waals surface area contributed by atoms with Gasteiger partial charge in [0.2, 0.25) is 0 Å². The van der Waals surface area contributed by atoms with Crippen molar-refractivity contribution in [3.8, 4) is 5.75 Å². The summed E-state index contributed by atoms with van der Waals surface area (Å²) in [6.45, 7) is 0.00344. The Labute approximate surface area is 153 Å². The topological polar surface area (TPSA) is 74.3 Å². The highest BCUT2D eigenvalue weighted by Gasteiger charge is 2.33. The van der Waals surface area contributed by atoms with Gasteiger partial charge >= 0.3 is 18.1 Å². The normalized spacial score (nSPS) is 14.8. The number of methoxy groups -OCH3 is 2. The van der Waals surface area contributed by atoms with Crippen molar-refractivity contribution in [2.75, 3.05) is 39.1 Å². The summed E-state index contributed by atoms with van der Waals surface area (Å²) in [4.78, 5) is 25.6. The van der Waals surface area contributed by atoms with E-state index in [0.717, 1.165) is 0 Å². The fraction of sp³-hybridized carbons (Fsp3) is 0.412. The summed E-state index contributed by atoms with van der Waals surface area (Å²) in [5.41, 5.74) is 0.872. The zero-order valence-electron chi connectivity index (χ0n) is 14.9. The molecule has 1 heterocycles. The predicted molar refractivity (Wildman–Crippen MR) is 87.1 cm³/mol. The molecule has 1 aromatic carbocycles. The van der Waals surface area contributed by atoms with Gasteiger partial charge in [0, 0.05) is 5.69 Å². The van der Waals surface area contributed by atoms with Crippen molar-refractivity contribution in [3.63, 3.8) is 0 Å². The van der Waals surface area contributed by atoms with Gasteiger partial charge in [0.15, 0.2) is 6.61 Å². The van der Waals surface area contributed by atoms with Crippen LogP contribution in [-0.2, 0) is 23.8 Å². The van der Waals surface area contributed by atoms with E-state index in [9.17, 15) is 22.8 Å². The molecule has 0 aromatic heterocycles. The maximum absolute atomic E-state index is 12.3. The largest absolute Gasteiger partial charge is 0.484 e. The number of benzene rings is 1. The monoisotopic (exact) mass is 389 g/mol. The molecular formula is C17H18F3NO6. The van der Waals surface area contributed by atoms with Crippen LogP contribution in [0.5, 0.6) is 5.75 Å². The molecule has 0 fully saturated rings. The molecule has 0 aliphatic carbocycles. The van der Waals surface area contributed by atoms with Crippen LogP contribution in [0.4, 0.5) is 18.9 Å². The average Bonchev–Trinajstić information content (AvgIpc) is 2.64. The molecule has 0 bridgehead atoms. The minimum atomic E-state index is -4.45. The van der Waals surface area contributed by atoms with Gasteiger partial charge in [-0.05, 0) is 30.7 Å². The van der Waals surface area contributed by atoms with Crippen LogP contribution < -0.4 is 9.64 Å². The molecule has 0 unspecified atom stereocenters. The first-order valence-corrected chi connectivity index (χ1v) is 7.73. The average molecular weight is 389 g/mol. The smallest absolute Gasteiger partial charge is 0.422 e. The van der Waals surface area contributed by atoms with Crippen LogP contribution in [0, 0.1) is 6.92 Å². The van der Waals surface area contributed by atoms with Gasteiger partial charge in [-0.3, -0.25) is 0 Å². The number of alkyl halides is 3. The van der Waals surface area contributed by atoms with Gasteiger partial charge in [0.1, 0.15) is 18.2 Å². The minimum Gasteiger partial charge on any atom is -0.484 e. The molecule has 0 radical (unpaired) electrons. The maximum Gasteiger partial charge on any atom is 0.422 e. The minimum absolute atomic E-state index is 0.0169. The summed E-state index contributed by atoms with van der Waals surface area (Å²) in [7, 11) is 2.33. The quantitative estimate of drug-likeness (QED) is 0.716. The van der Waals surface area contributed by atoms with E-state index in [4.69, 9.17) is 14.2 Å². The fourth-order valence-corrected chi connectivity index (χ4v) is 2.52. The second-order valence-corrected chi connectivity index (χ2v) is 5.57. The molecule has 2 rings (SSSR count). The molecule has 0 saturated heterocycles. The Morgan fingerprint density at radius 3 is 2.41 bits per heavy atom. The number of halogens is 3. The summed E-state index contributed by atoms with van der Waals surface area (Å²) in [6, 6.07) is 4.19. The predicted octanol–water partition coefficient (Wildman–Crippen LogP) is 2.33. The van der Waals surface area contributed by atoms with Crippen LogP contribution >= 0.6 is 0 Å². The molecule has 27 heavy (non-hydrogen) atoms. The van der Waals surface area contributed by atoms with E-state index in [2.05, 4.69) is 4.74 Å². The Kier molecular flexibility index (Phi) is 6.32.